The fourth-order valence-corrected chi connectivity index (χ4v) is 4.84. The van der Waals surface area contributed by atoms with Gasteiger partial charge in [0.15, 0.2) is 11.2 Å². The molecule has 0 aromatic heterocycles. The Hall–Kier alpha value is -2.28. The Morgan fingerprint density at radius 1 is 0.643 bits per heavy atom. The fraction of sp³-hybridized carbons (Fsp3) is 0.867. The third kappa shape index (κ3) is 12.5. The number of nitrogens with one attached hydrogen (secondary N) is 2. The van der Waals surface area contributed by atoms with Gasteiger partial charge in [-0.05, 0) is 83.1 Å². The van der Waals surface area contributed by atoms with E-state index in [0.717, 1.165) is 0 Å². The van der Waals surface area contributed by atoms with Gasteiger partial charge in [-0.15, -0.1) is 0 Å². The summed E-state index contributed by atoms with van der Waals surface area (Å²) in [4.78, 5) is 56.7. The highest BCUT2D eigenvalue weighted by atomic mass is 16.6. The standard InChI is InChI=1S/C30H56N4O8/c1-25(2,3)41-21(35)15-33-17-27(7,8)31-24(38)30(12,40-14)20-34(16-22(36)42-26(4,5)6)18-28(9,10)32-23(37)29(11,19-33)39-13/h15-20H2,1-14H3,(H,31,38)(H,32,37)/t29-,30+. The van der Waals surface area contributed by atoms with E-state index >= 15 is 0 Å². The Morgan fingerprint density at radius 2 is 0.929 bits per heavy atom. The zero-order valence-electron chi connectivity index (χ0n) is 28.4. The van der Waals surface area contributed by atoms with E-state index in [1.807, 2.05) is 27.7 Å². The predicted molar refractivity (Wildman–Crippen MR) is 160 cm³/mol. The first kappa shape index (κ1) is 37.7. The van der Waals surface area contributed by atoms with Crippen LogP contribution in [0.2, 0.25) is 0 Å². The van der Waals surface area contributed by atoms with Gasteiger partial charge in [0.05, 0.1) is 13.1 Å². The first-order chi connectivity index (χ1) is 18.7. The Balaban J connectivity index is 3.56. The number of esters is 2. The Bertz CT molecular complexity index is 907. The maximum atomic E-state index is 13.7. The molecule has 2 atom stereocenters. The number of carbonyl (C=O) groups is 4. The Kier molecular flexibility index (Phi) is 12.2. The van der Waals surface area contributed by atoms with E-state index in [1.54, 1.807) is 65.2 Å². The number of nitrogens with zero attached hydrogens (tertiary/aromatic N) is 2. The molecule has 1 aliphatic heterocycles. The van der Waals surface area contributed by atoms with Gasteiger partial charge >= 0.3 is 11.9 Å². The number of amides is 2. The maximum absolute atomic E-state index is 13.7. The van der Waals surface area contributed by atoms with E-state index in [4.69, 9.17) is 18.9 Å². The van der Waals surface area contributed by atoms with Gasteiger partial charge < -0.3 is 29.6 Å². The Morgan fingerprint density at radius 3 is 1.17 bits per heavy atom. The highest BCUT2D eigenvalue weighted by Crippen LogP contribution is 2.22. The summed E-state index contributed by atoms with van der Waals surface area (Å²) in [6.07, 6.45) is 0. The third-order valence-corrected chi connectivity index (χ3v) is 6.60. The molecule has 0 unspecified atom stereocenters. The first-order valence-corrected chi connectivity index (χ1v) is 14.4. The zero-order valence-corrected chi connectivity index (χ0v) is 28.4. The summed E-state index contributed by atoms with van der Waals surface area (Å²) < 4.78 is 22.6. The molecule has 12 nitrogen and oxygen atoms in total. The number of hydrogen-bond donors (Lipinski definition) is 2. The molecule has 1 fully saturated rings. The number of methoxy groups -OCH3 is 2. The average molecular weight is 601 g/mol. The van der Waals surface area contributed by atoms with Gasteiger partial charge in [0.25, 0.3) is 11.8 Å². The second kappa shape index (κ2) is 13.6. The van der Waals surface area contributed by atoms with Crippen LogP contribution in [-0.4, -0.2) is 121 Å². The SMILES string of the molecule is CO[C@]1(C)CN(CC(=O)OC(C)(C)C)CC(C)(C)NC(=O)[C@@](C)(OC)CN(CC(=O)OC(C)(C)C)CC(C)(C)NC1=O. The van der Waals surface area contributed by atoms with Crippen molar-refractivity contribution < 1.29 is 38.1 Å². The van der Waals surface area contributed by atoms with Crippen molar-refractivity contribution in [1.29, 1.82) is 0 Å². The molecule has 0 radical (unpaired) electrons. The molecule has 0 aromatic rings. The molecule has 0 saturated carbocycles. The van der Waals surface area contributed by atoms with Crippen molar-refractivity contribution in [3.05, 3.63) is 0 Å². The van der Waals surface area contributed by atoms with Gasteiger partial charge in [0, 0.05) is 51.5 Å². The number of ether oxygens (including phenoxy) is 4. The highest BCUT2D eigenvalue weighted by Gasteiger charge is 2.44. The molecule has 0 aromatic carbocycles. The summed E-state index contributed by atoms with van der Waals surface area (Å²) in [5.41, 5.74) is -5.85. The number of hydrogen-bond acceptors (Lipinski definition) is 10. The van der Waals surface area contributed by atoms with Crippen LogP contribution in [0.5, 0.6) is 0 Å². The molecular formula is C30H56N4O8. The molecule has 2 amide bonds. The van der Waals surface area contributed by atoms with Crippen molar-refractivity contribution in [2.45, 2.75) is 117 Å². The smallest absolute Gasteiger partial charge is 0.320 e. The maximum Gasteiger partial charge on any atom is 0.320 e. The van der Waals surface area contributed by atoms with Crippen LogP contribution in [0.15, 0.2) is 0 Å². The lowest BCUT2D eigenvalue weighted by molar-refractivity contribution is -0.162. The third-order valence-electron chi connectivity index (χ3n) is 6.60. The van der Waals surface area contributed by atoms with Crippen molar-refractivity contribution in [2.24, 2.45) is 0 Å². The topological polar surface area (TPSA) is 136 Å². The van der Waals surface area contributed by atoms with Crippen molar-refractivity contribution in [1.82, 2.24) is 20.4 Å². The van der Waals surface area contributed by atoms with Crippen LogP contribution >= 0.6 is 0 Å². The van der Waals surface area contributed by atoms with E-state index in [-0.39, 0.29) is 39.3 Å². The predicted octanol–water partition coefficient (Wildman–Crippen LogP) is 1.89. The summed E-state index contributed by atoms with van der Waals surface area (Å²) in [7, 11) is 2.88. The normalized spacial score (nSPS) is 26.9. The summed E-state index contributed by atoms with van der Waals surface area (Å²) in [5, 5.41) is 6.10. The van der Waals surface area contributed by atoms with Crippen LogP contribution in [0.1, 0.15) is 83.1 Å². The summed E-state index contributed by atoms with van der Waals surface area (Å²) >= 11 is 0. The van der Waals surface area contributed by atoms with Gasteiger partial charge in [-0.1, -0.05) is 0 Å². The minimum absolute atomic E-state index is 0.0348. The van der Waals surface area contributed by atoms with Crippen molar-refractivity contribution in [3.8, 4) is 0 Å². The largest absolute Gasteiger partial charge is 0.459 e. The second-order valence-corrected chi connectivity index (χ2v) is 15.0. The molecule has 0 aliphatic carbocycles. The van der Waals surface area contributed by atoms with Crippen LogP contribution < -0.4 is 10.6 Å². The minimum Gasteiger partial charge on any atom is -0.459 e. The van der Waals surface area contributed by atoms with Crippen molar-refractivity contribution in [3.63, 3.8) is 0 Å². The van der Waals surface area contributed by atoms with Crippen molar-refractivity contribution >= 4 is 23.8 Å². The van der Waals surface area contributed by atoms with Crippen LogP contribution in [0, 0.1) is 0 Å². The molecule has 0 spiro atoms. The van der Waals surface area contributed by atoms with Crippen LogP contribution in [0.25, 0.3) is 0 Å². The van der Waals surface area contributed by atoms with Gasteiger partial charge in [-0.25, -0.2) is 0 Å². The van der Waals surface area contributed by atoms with Gasteiger partial charge in [0.2, 0.25) is 0 Å². The molecule has 42 heavy (non-hydrogen) atoms. The van der Waals surface area contributed by atoms with E-state index < -0.39 is 57.2 Å². The summed E-state index contributed by atoms with van der Waals surface area (Å²) in [6, 6.07) is 0. The number of rotatable bonds is 6. The lowest BCUT2D eigenvalue weighted by atomic mass is 9.95. The molecule has 1 heterocycles. The quantitative estimate of drug-likeness (QED) is 0.435. The molecule has 1 rings (SSSR count). The van der Waals surface area contributed by atoms with Gasteiger partial charge in [-0.2, -0.15) is 0 Å². The lowest BCUT2D eigenvalue weighted by Gasteiger charge is -2.43. The summed E-state index contributed by atoms with van der Waals surface area (Å²) in [5.74, 6) is -1.72. The zero-order chi connectivity index (χ0) is 32.9. The fourth-order valence-electron chi connectivity index (χ4n) is 4.84. The first-order valence-electron chi connectivity index (χ1n) is 14.4. The summed E-state index contributed by atoms with van der Waals surface area (Å²) in [6.45, 7) is 21.5. The van der Waals surface area contributed by atoms with E-state index in [0.29, 0.717) is 0 Å². The molecule has 12 heteroatoms. The van der Waals surface area contributed by atoms with E-state index in [9.17, 15) is 19.2 Å². The molecule has 1 saturated heterocycles. The van der Waals surface area contributed by atoms with Crippen LogP contribution in [-0.2, 0) is 38.1 Å². The molecule has 0 bridgehead atoms. The van der Waals surface area contributed by atoms with Crippen LogP contribution in [0.4, 0.5) is 0 Å². The van der Waals surface area contributed by atoms with E-state index in [1.165, 1.54) is 14.2 Å². The molecule has 2 N–H and O–H groups in total. The number of carbonyl (C=O) groups excluding carboxylic acids is 4. The molecule has 1 aliphatic rings. The van der Waals surface area contributed by atoms with Gasteiger partial charge in [0.1, 0.15) is 11.2 Å². The molecule has 244 valence electrons. The Labute approximate surface area is 252 Å². The van der Waals surface area contributed by atoms with Crippen LogP contribution in [0.3, 0.4) is 0 Å². The second-order valence-electron chi connectivity index (χ2n) is 15.0. The average Bonchev–Trinajstić information content (AvgIpc) is 2.73. The highest BCUT2D eigenvalue weighted by molar-refractivity contribution is 5.87. The minimum atomic E-state index is -1.36. The monoisotopic (exact) mass is 600 g/mol. The van der Waals surface area contributed by atoms with E-state index in [2.05, 4.69) is 10.6 Å². The van der Waals surface area contributed by atoms with Gasteiger partial charge in [-0.3, -0.25) is 29.0 Å². The molecular weight excluding hydrogens is 544 g/mol. The lowest BCUT2D eigenvalue weighted by Crippen LogP contribution is -2.66. The van der Waals surface area contributed by atoms with Crippen molar-refractivity contribution in [2.75, 3.05) is 53.5 Å².